The molecule has 29 heavy (non-hydrogen) atoms. The summed E-state index contributed by atoms with van der Waals surface area (Å²) < 4.78 is 16.4. The maximum atomic E-state index is 5.83. The molecule has 0 spiro atoms. The van der Waals surface area contributed by atoms with Gasteiger partial charge in [0.05, 0.1) is 13.7 Å². The Bertz CT molecular complexity index is 877. The second-order valence-electron chi connectivity index (χ2n) is 6.87. The first-order valence-electron chi connectivity index (χ1n) is 9.76. The van der Waals surface area contributed by atoms with E-state index in [1.165, 1.54) is 0 Å². The van der Waals surface area contributed by atoms with E-state index in [2.05, 4.69) is 24.9 Å². The summed E-state index contributed by atoms with van der Waals surface area (Å²) in [5.74, 6) is 2.86. The lowest BCUT2D eigenvalue weighted by Gasteiger charge is -2.33. The third kappa shape index (κ3) is 5.30. The highest BCUT2D eigenvalue weighted by molar-refractivity contribution is 5.46. The highest BCUT2D eigenvalue weighted by Crippen LogP contribution is 2.17. The van der Waals surface area contributed by atoms with Gasteiger partial charge < -0.3 is 14.0 Å². The van der Waals surface area contributed by atoms with E-state index in [-0.39, 0.29) is 0 Å². The van der Waals surface area contributed by atoms with Gasteiger partial charge >= 0.3 is 0 Å². The fourth-order valence-corrected chi connectivity index (χ4v) is 3.25. The molecule has 1 aromatic carbocycles. The predicted molar refractivity (Wildman–Crippen MR) is 108 cm³/mol. The number of benzene rings is 1. The van der Waals surface area contributed by atoms with Gasteiger partial charge in [-0.2, -0.15) is 4.98 Å². The van der Waals surface area contributed by atoms with Crippen molar-refractivity contribution in [3.05, 3.63) is 54.6 Å². The number of aromatic nitrogens is 3. The molecular formula is C21H25N5O3. The summed E-state index contributed by atoms with van der Waals surface area (Å²) in [5.41, 5.74) is 0.726. The van der Waals surface area contributed by atoms with E-state index in [9.17, 15) is 0 Å². The van der Waals surface area contributed by atoms with Gasteiger partial charge in [0.15, 0.2) is 0 Å². The minimum absolute atomic E-state index is 0.537. The van der Waals surface area contributed by atoms with Crippen LogP contribution in [0.15, 0.2) is 53.2 Å². The van der Waals surface area contributed by atoms with E-state index in [1.54, 1.807) is 13.3 Å². The molecule has 0 aliphatic carbocycles. The Balaban J connectivity index is 1.18. The van der Waals surface area contributed by atoms with Crippen LogP contribution in [0.2, 0.25) is 0 Å². The fourth-order valence-electron chi connectivity index (χ4n) is 3.25. The summed E-state index contributed by atoms with van der Waals surface area (Å²) in [4.78, 5) is 13.5. The van der Waals surface area contributed by atoms with Crippen LogP contribution < -0.4 is 9.47 Å². The first kappa shape index (κ1) is 19.4. The first-order valence-corrected chi connectivity index (χ1v) is 9.76. The highest BCUT2D eigenvalue weighted by atomic mass is 16.5. The number of methoxy groups -OCH3 is 1. The molecule has 3 heterocycles. The van der Waals surface area contributed by atoms with Crippen molar-refractivity contribution in [2.75, 3.05) is 46.4 Å². The average molecular weight is 395 g/mol. The van der Waals surface area contributed by atoms with Crippen LogP contribution in [0, 0.1) is 0 Å². The third-order valence-corrected chi connectivity index (χ3v) is 4.92. The van der Waals surface area contributed by atoms with Gasteiger partial charge in [0.2, 0.25) is 11.7 Å². The van der Waals surface area contributed by atoms with Crippen LogP contribution in [0.3, 0.4) is 0 Å². The second kappa shape index (κ2) is 9.49. The molecule has 0 unspecified atom stereocenters. The number of pyridine rings is 1. The molecule has 2 aromatic heterocycles. The smallest absolute Gasteiger partial charge is 0.241 e. The predicted octanol–water partition coefficient (Wildman–Crippen LogP) is 2.34. The van der Waals surface area contributed by atoms with Crippen molar-refractivity contribution in [1.29, 1.82) is 0 Å². The zero-order valence-corrected chi connectivity index (χ0v) is 16.5. The van der Waals surface area contributed by atoms with Gasteiger partial charge in [0.1, 0.15) is 23.8 Å². The third-order valence-electron chi connectivity index (χ3n) is 4.92. The zero-order valence-electron chi connectivity index (χ0n) is 16.5. The molecule has 1 aliphatic rings. The number of rotatable bonds is 8. The van der Waals surface area contributed by atoms with Crippen LogP contribution in [0.4, 0.5) is 0 Å². The molecule has 8 nitrogen and oxygen atoms in total. The van der Waals surface area contributed by atoms with E-state index in [0.717, 1.165) is 49.9 Å². The molecule has 152 valence electrons. The Morgan fingerprint density at radius 3 is 2.45 bits per heavy atom. The number of hydrogen-bond acceptors (Lipinski definition) is 8. The number of hydrogen-bond donors (Lipinski definition) is 0. The summed E-state index contributed by atoms with van der Waals surface area (Å²) in [6.07, 6.45) is 1.73. The molecule has 0 amide bonds. The van der Waals surface area contributed by atoms with Crippen molar-refractivity contribution in [3.63, 3.8) is 0 Å². The van der Waals surface area contributed by atoms with Gasteiger partial charge in [-0.3, -0.25) is 14.8 Å². The summed E-state index contributed by atoms with van der Waals surface area (Å²) >= 11 is 0. The Morgan fingerprint density at radius 2 is 1.72 bits per heavy atom. The van der Waals surface area contributed by atoms with Crippen molar-refractivity contribution in [2.24, 2.45) is 0 Å². The lowest BCUT2D eigenvalue weighted by molar-refractivity contribution is 0.104. The molecule has 3 aromatic rings. The van der Waals surface area contributed by atoms with Crippen LogP contribution in [0.1, 0.15) is 5.89 Å². The summed E-state index contributed by atoms with van der Waals surface area (Å²) in [6.45, 7) is 6.15. The van der Waals surface area contributed by atoms with E-state index >= 15 is 0 Å². The Morgan fingerprint density at radius 1 is 0.966 bits per heavy atom. The van der Waals surface area contributed by atoms with Gasteiger partial charge in [0.25, 0.3) is 0 Å². The van der Waals surface area contributed by atoms with Crippen LogP contribution in [0.5, 0.6) is 11.5 Å². The van der Waals surface area contributed by atoms with E-state index in [0.29, 0.717) is 24.9 Å². The van der Waals surface area contributed by atoms with Gasteiger partial charge in [-0.25, -0.2) is 0 Å². The largest absolute Gasteiger partial charge is 0.497 e. The number of piperazine rings is 1. The lowest BCUT2D eigenvalue weighted by atomic mass is 10.3. The molecule has 8 heteroatoms. The Kier molecular flexibility index (Phi) is 6.33. The average Bonchev–Trinajstić information content (AvgIpc) is 3.25. The minimum atomic E-state index is 0.537. The molecule has 0 saturated carbocycles. The van der Waals surface area contributed by atoms with E-state index < -0.39 is 0 Å². The topological polar surface area (TPSA) is 76.8 Å². The molecule has 1 aliphatic heterocycles. The molecule has 1 saturated heterocycles. The number of ether oxygens (including phenoxy) is 2. The molecule has 0 N–H and O–H groups in total. The van der Waals surface area contributed by atoms with Crippen molar-refractivity contribution in [2.45, 2.75) is 6.54 Å². The molecule has 1 fully saturated rings. The summed E-state index contributed by atoms with van der Waals surface area (Å²) in [5, 5.41) is 4.04. The van der Waals surface area contributed by atoms with Crippen LogP contribution in [-0.2, 0) is 6.54 Å². The second-order valence-corrected chi connectivity index (χ2v) is 6.87. The first-order chi connectivity index (χ1) is 14.3. The van der Waals surface area contributed by atoms with Crippen molar-refractivity contribution in [1.82, 2.24) is 24.9 Å². The SMILES string of the molecule is COc1ccc(OCCN2CCN(Cc3nc(-c4ccccn4)no3)CC2)cc1. The molecule has 0 atom stereocenters. The van der Waals surface area contributed by atoms with Gasteiger partial charge in [-0.05, 0) is 36.4 Å². The Hall–Kier alpha value is -2.97. The van der Waals surface area contributed by atoms with Gasteiger partial charge in [-0.15, -0.1) is 0 Å². The molecule has 0 radical (unpaired) electrons. The number of nitrogens with zero attached hydrogens (tertiary/aromatic N) is 5. The molecular weight excluding hydrogens is 370 g/mol. The monoisotopic (exact) mass is 395 g/mol. The van der Waals surface area contributed by atoms with E-state index in [1.807, 2.05) is 42.5 Å². The van der Waals surface area contributed by atoms with Gasteiger partial charge in [0, 0.05) is 38.9 Å². The highest BCUT2D eigenvalue weighted by Gasteiger charge is 2.19. The van der Waals surface area contributed by atoms with Crippen LogP contribution in [-0.4, -0.2) is 71.4 Å². The van der Waals surface area contributed by atoms with Crippen molar-refractivity contribution in [3.8, 4) is 23.0 Å². The summed E-state index contributed by atoms with van der Waals surface area (Å²) in [6, 6.07) is 13.3. The van der Waals surface area contributed by atoms with Gasteiger partial charge in [-0.1, -0.05) is 11.2 Å². The van der Waals surface area contributed by atoms with Crippen LogP contribution >= 0.6 is 0 Å². The standard InChI is InChI=1S/C21H25N5O3/c1-27-17-5-7-18(8-6-17)28-15-14-25-10-12-26(13-11-25)16-20-23-21(24-29-20)19-4-2-3-9-22-19/h2-9H,10-16H2,1H3. The Labute approximate surface area is 170 Å². The molecule has 0 bridgehead atoms. The normalized spacial score (nSPS) is 15.3. The fraction of sp³-hybridized carbons (Fsp3) is 0.381. The minimum Gasteiger partial charge on any atom is -0.497 e. The van der Waals surface area contributed by atoms with Crippen LogP contribution in [0.25, 0.3) is 11.5 Å². The maximum Gasteiger partial charge on any atom is 0.241 e. The quantitative estimate of drug-likeness (QED) is 0.575. The maximum absolute atomic E-state index is 5.83. The van der Waals surface area contributed by atoms with E-state index in [4.69, 9.17) is 14.0 Å². The van der Waals surface area contributed by atoms with Crippen molar-refractivity contribution >= 4 is 0 Å². The molecule has 4 rings (SSSR count). The van der Waals surface area contributed by atoms with Crippen molar-refractivity contribution < 1.29 is 14.0 Å². The lowest BCUT2D eigenvalue weighted by Crippen LogP contribution is -2.47. The zero-order chi connectivity index (χ0) is 19.9. The summed E-state index contributed by atoms with van der Waals surface area (Å²) in [7, 11) is 1.66.